The second-order valence-electron chi connectivity index (χ2n) is 8.78. The number of ether oxygens (including phenoxy) is 1. The maximum atomic E-state index is 12.9. The molecular formula is C25H25N5O4S. The smallest absolute Gasteiger partial charge is 0.231 e. The van der Waals surface area contributed by atoms with Gasteiger partial charge in [-0.2, -0.15) is 0 Å². The molecular weight excluding hydrogens is 466 g/mol. The fourth-order valence-corrected chi connectivity index (χ4v) is 5.24. The molecule has 2 aliphatic heterocycles. The van der Waals surface area contributed by atoms with E-state index in [1.54, 1.807) is 41.2 Å². The summed E-state index contributed by atoms with van der Waals surface area (Å²) in [7, 11) is 1.58. The van der Waals surface area contributed by atoms with E-state index >= 15 is 0 Å². The number of carbonyl (C=O) groups excluding carboxylic acids is 3. The Labute approximate surface area is 206 Å². The lowest BCUT2D eigenvalue weighted by Gasteiger charge is -2.16. The highest BCUT2D eigenvalue weighted by molar-refractivity contribution is 7.15. The van der Waals surface area contributed by atoms with Gasteiger partial charge in [-0.1, -0.05) is 29.0 Å². The number of hydrogen-bond donors (Lipinski definition) is 1. The lowest BCUT2D eigenvalue weighted by molar-refractivity contribution is -0.122. The Morgan fingerprint density at radius 2 is 1.57 bits per heavy atom. The van der Waals surface area contributed by atoms with Crippen LogP contribution in [0.5, 0.6) is 5.75 Å². The van der Waals surface area contributed by atoms with E-state index in [-0.39, 0.29) is 30.1 Å². The predicted molar refractivity (Wildman–Crippen MR) is 133 cm³/mol. The van der Waals surface area contributed by atoms with Gasteiger partial charge in [0.1, 0.15) is 10.8 Å². The van der Waals surface area contributed by atoms with Crippen LogP contribution in [0.1, 0.15) is 29.3 Å². The number of aromatic nitrogens is 2. The molecule has 1 aromatic heterocycles. The molecule has 0 radical (unpaired) electrons. The predicted octanol–water partition coefficient (Wildman–Crippen LogP) is 3.37. The third-order valence-corrected chi connectivity index (χ3v) is 7.37. The van der Waals surface area contributed by atoms with Gasteiger partial charge in [0, 0.05) is 43.2 Å². The Morgan fingerprint density at radius 3 is 2.26 bits per heavy atom. The van der Waals surface area contributed by atoms with Gasteiger partial charge in [0.25, 0.3) is 0 Å². The van der Waals surface area contributed by atoms with E-state index in [0.717, 1.165) is 16.9 Å². The average Bonchev–Trinajstić information content (AvgIpc) is 3.58. The van der Waals surface area contributed by atoms with E-state index in [4.69, 9.17) is 4.74 Å². The van der Waals surface area contributed by atoms with Crippen molar-refractivity contribution in [1.29, 1.82) is 0 Å². The minimum atomic E-state index is -0.484. The number of rotatable bonds is 6. The Hall–Kier alpha value is -3.79. The van der Waals surface area contributed by atoms with Crippen LogP contribution in [0.25, 0.3) is 0 Å². The number of nitrogens with one attached hydrogen (secondary N) is 1. The molecule has 9 nitrogen and oxygen atoms in total. The van der Waals surface area contributed by atoms with Crippen molar-refractivity contribution in [1.82, 2.24) is 10.2 Å². The Morgan fingerprint density at radius 1 is 0.943 bits per heavy atom. The molecule has 10 heteroatoms. The first kappa shape index (κ1) is 23.0. The number of hydrogen-bond acceptors (Lipinski definition) is 7. The van der Waals surface area contributed by atoms with Crippen LogP contribution in [0.2, 0.25) is 0 Å². The number of carbonyl (C=O) groups is 3. The van der Waals surface area contributed by atoms with Crippen LogP contribution in [0.3, 0.4) is 0 Å². The van der Waals surface area contributed by atoms with Crippen molar-refractivity contribution in [2.45, 2.75) is 25.7 Å². The zero-order valence-corrected chi connectivity index (χ0v) is 20.2. The van der Waals surface area contributed by atoms with E-state index in [1.165, 1.54) is 11.3 Å². The molecule has 2 saturated heterocycles. The van der Waals surface area contributed by atoms with Crippen molar-refractivity contribution in [3.63, 3.8) is 0 Å². The average molecular weight is 492 g/mol. The summed E-state index contributed by atoms with van der Waals surface area (Å²) in [5.41, 5.74) is 2.74. The van der Waals surface area contributed by atoms with Crippen LogP contribution in [0, 0.1) is 12.8 Å². The second-order valence-corrected chi connectivity index (χ2v) is 9.79. The SMILES string of the molecule is COc1ccc(N2CC(C(=O)Nc3nnc(C4CC(=O)N(c5ccc(C)cc5)C4)s3)CC2=O)cc1. The quantitative estimate of drug-likeness (QED) is 0.567. The second kappa shape index (κ2) is 9.46. The lowest BCUT2D eigenvalue weighted by Crippen LogP contribution is -2.28. The number of methoxy groups -OCH3 is 1. The number of aryl methyl sites for hydroxylation is 1. The van der Waals surface area contributed by atoms with Crippen LogP contribution in [-0.4, -0.2) is 48.1 Å². The summed E-state index contributed by atoms with van der Waals surface area (Å²) in [6, 6.07) is 15.0. The third kappa shape index (κ3) is 4.74. The van der Waals surface area contributed by atoms with Gasteiger partial charge in [0.15, 0.2) is 0 Å². The van der Waals surface area contributed by atoms with Gasteiger partial charge in [0.05, 0.1) is 13.0 Å². The molecule has 3 heterocycles. The Bertz CT molecular complexity index is 1260. The van der Waals surface area contributed by atoms with Gasteiger partial charge in [-0.3, -0.25) is 14.4 Å². The van der Waals surface area contributed by atoms with Gasteiger partial charge in [-0.05, 0) is 43.3 Å². The van der Waals surface area contributed by atoms with Crippen LogP contribution >= 0.6 is 11.3 Å². The number of benzene rings is 2. The van der Waals surface area contributed by atoms with Crippen LogP contribution in [-0.2, 0) is 14.4 Å². The molecule has 35 heavy (non-hydrogen) atoms. The highest BCUT2D eigenvalue weighted by atomic mass is 32.1. The monoisotopic (exact) mass is 491 g/mol. The van der Waals surface area contributed by atoms with Crippen molar-refractivity contribution in [2.24, 2.45) is 5.92 Å². The van der Waals surface area contributed by atoms with E-state index in [2.05, 4.69) is 15.5 Å². The molecule has 3 amide bonds. The van der Waals surface area contributed by atoms with Crippen molar-refractivity contribution < 1.29 is 19.1 Å². The molecule has 2 atom stereocenters. The first-order valence-corrected chi connectivity index (χ1v) is 12.2. The number of amides is 3. The maximum Gasteiger partial charge on any atom is 0.231 e. The van der Waals surface area contributed by atoms with E-state index in [1.807, 2.05) is 31.2 Å². The van der Waals surface area contributed by atoms with Crippen LogP contribution in [0.4, 0.5) is 16.5 Å². The standard InChI is InChI=1S/C25H25N5O4S/c1-15-3-5-18(6-4-15)30-14-17(12-22(30)32)24-27-28-25(35-24)26-23(33)16-11-21(31)29(13-16)19-7-9-20(34-2)10-8-19/h3-10,16-17H,11-14H2,1-2H3,(H,26,28,33). The summed E-state index contributed by atoms with van der Waals surface area (Å²) in [4.78, 5) is 41.3. The Balaban J connectivity index is 1.20. The molecule has 2 aliphatic rings. The summed E-state index contributed by atoms with van der Waals surface area (Å²) in [5.74, 6) is -0.183. The van der Waals surface area contributed by atoms with E-state index in [9.17, 15) is 14.4 Å². The topological polar surface area (TPSA) is 105 Å². The number of nitrogens with zero attached hydrogens (tertiary/aromatic N) is 4. The van der Waals surface area contributed by atoms with Gasteiger partial charge in [0.2, 0.25) is 22.9 Å². The van der Waals surface area contributed by atoms with Crippen LogP contribution in [0.15, 0.2) is 48.5 Å². The molecule has 5 rings (SSSR count). The minimum absolute atomic E-state index is 0.0442. The molecule has 3 aromatic rings. The summed E-state index contributed by atoms with van der Waals surface area (Å²) < 4.78 is 5.16. The maximum absolute atomic E-state index is 12.9. The number of anilines is 3. The van der Waals surface area contributed by atoms with Crippen LogP contribution < -0.4 is 19.9 Å². The zero-order chi connectivity index (χ0) is 24.5. The van der Waals surface area contributed by atoms with Gasteiger partial charge in [-0.15, -0.1) is 10.2 Å². The molecule has 0 bridgehead atoms. The fourth-order valence-electron chi connectivity index (χ4n) is 4.40. The third-order valence-electron chi connectivity index (χ3n) is 6.37. The summed E-state index contributed by atoms with van der Waals surface area (Å²) >= 11 is 1.28. The van der Waals surface area contributed by atoms with Gasteiger partial charge >= 0.3 is 0 Å². The molecule has 1 N–H and O–H groups in total. The van der Waals surface area contributed by atoms with Crippen molar-refractivity contribution in [3.05, 3.63) is 59.1 Å². The molecule has 2 fully saturated rings. The fraction of sp³-hybridized carbons (Fsp3) is 0.320. The summed E-state index contributed by atoms with van der Waals surface area (Å²) in [6.07, 6.45) is 0.483. The lowest BCUT2D eigenvalue weighted by atomic mass is 10.1. The Kier molecular flexibility index (Phi) is 6.21. The molecule has 2 aromatic carbocycles. The van der Waals surface area contributed by atoms with Gasteiger partial charge in [-0.25, -0.2) is 0 Å². The molecule has 0 spiro atoms. The molecule has 0 saturated carbocycles. The largest absolute Gasteiger partial charge is 0.497 e. The van der Waals surface area contributed by atoms with Gasteiger partial charge < -0.3 is 19.9 Å². The molecule has 2 unspecified atom stereocenters. The van der Waals surface area contributed by atoms with Crippen molar-refractivity contribution in [3.8, 4) is 5.75 Å². The van der Waals surface area contributed by atoms with Crippen molar-refractivity contribution >= 4 is 45.6 Å². The normalized spacial score (nSPS) is 19.9. The summed E-state index contributed by atoms with van der Waals surface area (Å²) in [6.45, 7) is 2.83. The minimum Gasteiger partial charge on any atom is -0.497 e. The highest BCUT2D eigenvalue weighted by Gasteiger charge is 2.37. The van der Waals surface area contributed by atoms with E-state index < -0.39 is 5.92 Å². The first-order chi connectivity index (χ1) is 16.9. The first-order valence-electron chi connectivity index (χ1n) is 11.4. The zero-order valence-electron chi connectivity index (χ0n) is 19.4. The molecule has 0 aliphatic carbocycles. The van der Waals surface area contributed by atoms with Crippen molar-refractivity contribution in [2.75, 3.05) is 35.3 Å². The highest BCUT2D eigenvalue weighted by Crippen LogP contribution is 2.35. The summed E-state index contributed by atoms with van der Waals surface area (Å²) in [5, 5.41) is 12.2. The van der Waals surface area contributed by atoms with E-state index in [0.29, 0.717) is 35.4 Å². The molecule has 180 valence electrons.